The second kappa shape index (κ2) is 8.64. The molecular weight excluding hydrogens is 376 g/mol. The molecule has 1 heterocycles. The summed E-state index contributed by atoms with van der Waals surface area (Å²) in [6, 6.07) is 12.0. The topological polar surface area (TPSA) is 77.5 Å². The van der Waals surface area contributed by atoms with Crippen LogP contribution in [0, 0.1) is 0 Å². The summed E-state index contributed by atoms with van der Waals surface area (Å²) in [7, 11) is 0. The summed E-state index contributed by atoms with van der Waals surface area (Å²) in [6.45, 7) is 0.246. The van der Waals surface area contributed by atoms with Crippen molar-refractivity contribution >= 4 is 45.0 Å². The predicted octanol–water partition coefficient (Wildman–Crippen LogP) is 3.30. The number of ether oxygens (including phenoxy) is 2. The van der Waals surface area contributed by atoms with E-state index >= 15 is 0 Å². The van der Waals surface area contributed by atoms with Crippen LogP contribution in [-0.4, -0.2) is 36.6 Å². The lowest BCUT2D eigenvalue weighted by Gasteiger charge is -2.08. The van der Waals surface area contributed by atoms with E-state index in [1.54, 1.807) is 48.0 Å². The number of amides is 1. The molecule has 0 aliphatic carbocycles. The highest BCUT2D eigenvalue weighted by Gasteiger charge is 2.11. The Morgan fingerprint density at radius 3 is 2.77 bits per heavy atom. The molecule has 0 atom stereocenters. The minimum absolute atomic E-state index is 0.295. The van der Waals surface area contributed by atoms with E-state index in [1.807, 2.05) is 0 Å². The molecule has 0 saturated carbocycles. The first-order chi connectivity index (χ1) is 12.6. The number of fused-ring (bicyclic) bond motifs is 1. The van der Waals surface area contributed by atoms with E-state index in [2.05, 4.69) is 10.3 Å². The average Bonchev–Trinajstić information content (AvgIpc) is 3.12. The summed E-state index contributed by atoms with van der Waals surface area (Å²) >= 11 is 7.22. The number of carbonyl (C=O) groups is 2. The van der Waals surface area contributed by atoms with Crippen molar-refractivity contribution in [3.05, 3.63) is 58.6 Å². The summed E-state index contributed by atoms with van der Waals surface area (Å²) < 4.78 is 11.4. The maximum absolute atomic E-state index is 12.0. The zero-order valence-electron chi connectivity index (χ0n) is 13.6. The molecule has 26 heavy (non-hydrogen) atoms. The van der Waals surface area contributed by atoms with Gasteiger partial charge in [-0.25, -0.2) is 9.78 Å². The highest BCUT2D eigenvalue weighted by atomic mass is 35.5. The third-order valence-electron chi connectivity index (χ3n) is 3.41. The normalized spacial score (nSPS) is 10.5. The van der Waals surface area contributed by atoms with E-state index in [1.165, 1.54) is 11.3 Å². The fourth-order valence-electron chi connectivity index (χ4n) is 2.14. The standard InChI is InChI=1S/C18H15ClN2O4S/c19-13-2-4-14(5-3-13)24-8-7-20-17(22)10-25-18(23)12-1-6-15-16(9-12)26-11-21-15/h1-6,9,11H,7-8,10H2,(H,20,22). The third kappa shape index (κ3) is 4.93. The predicted molar refractivity (Wildman–Crippen MR) is 99.9 cm³/mol. The molecule has 0 aliphatic rings. The summed E-state index contributed by atoms with van der Waals surface area (Å²) in [5, 5.41) is 3.25. The second-order valence-electron chi connectivity index (χ2n) is 5.26. The van der Waals surface area contributed by atoms with Gasteiger partial charge in [0.2, 0.25) is 0 Å². The Morgan fingerprint density at radius 2 is 1.96 bits per heavy atom. The lowest BCUT2D eigenvalue weighted by molar-refractivity contribution is -0.124. The van der Waals surface area contributed by atoms with Gasteiger partial charge in [0.05, 0.1) is 27.8 Å². The largest absolute Gasteiger partial charge is 0.492 e. The molecule has 1 amide bonds. The summed E-state index contributed by atoms with van der Waals surface area (Å²) in [5.74, 6) is -0.279. The maximum Gasteiger partial charge on any atom is 0.338 e. The molecule has 0 bridgehead atoms. The quantitative estimate of drug-likeness (QED) is 0.494. The Kier molecular flexibility index (Phi) is 6.04. The van der Waals surface area contributed by atoms with Crippen LogP contribution in [0.3, 0.4) is 0 Å². The Balaban J connectivity index is 1.38. The zero-order valence-corrected chi connectivity index (χ0v) is 15.2. The zero-order chi connectivity index (χ0) is 18.4. The molecule has 1 aromatic heterocycles. The Morgan fingerprint density at radius 1 is 1.15 bits per heavy atom. The van der Waals surface area contributed by atoms with Crippen LogP contribution in [0.25, 0.3) is 10.2 Å². The molecule has 0 spiro atoms. The minimum atomic E-state index is -0.548. The number of nitrogens with zero attached hydrogens (tertiary/aromatic N) is 1. The van der Waals surface area contributed by atoms with E-state index in [4.69, 9.17) is 21.1 Å². The van der Waals surface area contributed by atoms with Crippen molar-refractivity contribution in [3.8, 4) is 5.75 Å². The number of halogens is 1. The molecule has 6 nitrogen and oxygen atoms in total. The molecule has 0 radical (unpaired) electrons. The van der Waals surface area contributed by atoms with Gasteiger partial charge in [0.25, 0.3) is 5.91 Å². The highest BCUT2D eigenvalue weighted by molar-refractivity contribution is 7.16. The lowest BCUT2D eigenvalue weighted by atomic mass is 10.2. The van der Waals surface area contributed by atoms with Gasteiger partial charge >= 0.3 is 5.97 Å². The number of thiazole rings is 1. The van der Waals surface area contributed by atoms with Crippen LogP contribution in [0.5, 0.6) is 5.75 Å². The van der Waals surface area contributed by atoms with Gasteiger partial charge in [-0.05, 0) is 42.5 Å². The molecule has 0 saturated heterocycles. The van der Waals surface area contributed by atoms with E-state index in [0.29, 0.717) is 29.5 Å². The van der Waals surface area contributed by atoms with Crippen molar-refractivity contribution < 1.29 is 19.1 Å². The van der Waals surface area contributed by atoms with Crippen LogP contribution in [-0.2, 0) is 9.53 Å². The molecule has 0 aliphatic heterocycles. The lowest BCUT2D eigenvalue weighted by Crippen LogP contribution is -2.32. The number of nitrogens with one attached hydrogen (secondary N) is 1. The smallest absolute Gasteiger partial charge is 0.338 e. The van der Waals surface area contributed by atoms with Crippen molar-refractivity contribution in [3.63, 3.8) is 0 Å². The van der Waals surface area contributed by atoms with Crippen LogP contribution >= 0.6 is 22.9 Å². The van der Waals surface area contributed by atoms with Gasteiger partial charge in [-0.15, -0.1) is 11.3 Å². The number of aromatic nitrogens is 1. The Labute approximate surface area is 158 Å². The molecule has 2 aromatic carbocycles. The summed E-state index contributed by atoms with van der Waals surface area (Å²) in [5.41, 5.74) is 2.92. The van der Waals surface area contributed by atoms with Crippen molar-refractivity contribution in [1.29, 1.82) is 0 Å². The molecule has 0 unspecified atom stereocenters. The van der Waals surface area contributed by atoms with Gasteiger partial charge in [-0.2, -0.15) is 0 Å². The molecular formula is C18H15ClN2O4S. The SMILES string of the molecule is O=C(COC(=O)c1ccc2ncsc2c1)NCCOc1ccc(Cl)cc1. The van der Waals surface area contributed by atoms with E-state index < -0.39 is 11.9 Å². The molecule has 8 heteroatoms. The highest BCUT2D eigenvalue weighted by Crippen LogP contribution is 2.19. The van der Waals surface area contributed by atoms with Crippen molar-refractivity contribution in [2.24, 2.45) is 0 Å². The Bertz CT molecular complexity index is 911. The summed E-state index contributed by atoms with van der Waals surface area (Å²) in [4.78, 5) is 27.9. The van der Waals surface area contributed by atoms with E-state index in [0.717, 1.165) is 10.2 Å². The minimum Gasteiger partial charge on any atom is -0.492 e. The number of hydrogen-bond acceptors (Lipinski definition) is 6. The molecule has 134 valence electrons. The Hall–Kier alpha value is -2.64. The maximum atomic E-state index is 12.0. The first-order valence-corrected chi connectivity index (χ1v) is 9.03. The van der Waals surface area contributed by atoms with Crippen LogP contribution in [0.2, 0.25) is 5.02 Å². The van der Waals surface area contributed by atoms with Gasteiger partial charge in [0, 0.05) is 5.02 Å². The third-order valence-corrected chi connectivity index (χ3v) is 4.45. The van der Waals surface area contributed by atoms with Gasteiger partial charge in [0.1, 0.15) is 12.4 Å². The van der Waals surface area contributed by atoms with Crippen LogP contribution in [0.15, 0.2) is 48.0 Å². The van der Waals surface area contributed by atoms with E-state index in [-0.39, 0.29) is 6.61 Å². The molecule has 3 aromatic rings. The second-order valence-corrected chi connectivity index (χ2v) is 6.59. The average molecular weight is 391 g/mol. The van der Waals surface area contributed by atoms with Gasteiger partial charge in [-0.1, -0.05) is 11.6 Å². The van der Waals surface area contributed by atoms with Crippen molar-refractivity contribution in [1.82, 2.24) is 10.3 Å². The number of benzene rings is 2. The molecule has 0 fully saturated rings. The number of esters is 1. The number of hydrogen-bond donors (Lipinski definition) is 1. The molecule has 1 N–H and O–H groups in total. The number of rotatable bonds is 7. The fraction of sp³-hybridized carbons (Fsp3) is 0.167. The van der Waals surface area contributed by atoms with E-state index in [9.17, 15) is 9.59 Å². The van der Waals surface area contributed by atoms with Crippen LogP contribution < -0.4 is 10.1 Å². The first-order valence-electron chi connectivity index (χ1n) is 7.77. The molecule has 3 rings (SSSR count). The first kappa shape index (κ1) is 18.2. The monoisotopic (exact) mass is 390 g/mol. The fourth-order valence-corrected chi connectivity index (χ4v) is 2.98. The van der Waals surface area contributed by atoms with Crippen molar-refractivity contribution in [2.45, 2.75) is 0 Å². The summed E-state index contributed by atoms with van der Waals surface area (Å²) in [6.07, 6.45) is 0. The van der Waals surface area contributed by atoms with Gasteiger partial charge < -0.3 is 14.8 Å². The van der Waals surface area contributed by atoms with Crippen LogP contribution in [0.4, 0.5) is 0 Å². The van der Waals surface area contributed by atoms with Crippen molar-refractivity contribution in [2.75, 3.05) is 19.8 Å². The van der Waals surface area contributed by atoms with Gasteiger partial charge in [0.15, 0.2) is 6.61 Å². The van der Waals surface area contributed by atoms with Gasteiger partial charge in [-0.3, -0.25) is 4.79 Å². The van der Waals surface area contributed by atoms with Crippen LogP contribution in [0.1, 0.15) is 10.4 Å². The number of carbonyl (C=O) groups excluding carboxylic acids is 2.